The van der Waals surface area contributed by atoms with Crippen molar-refractivity contribution in [2.24, 2.45) is 11.8 Å². The van der Waals surface area contributed by atoms with Crippen molar-refractivity contribution < 1.29 is 9.90 Å². The van der Waals surface area contributed by atoms with E-state index in [1.807, 2.05) is 41.0 Å². The Balaban J connectivity index is 1.48. The number of likely N-dealkylation sites (tertiary alicyclic amines) is 1. The van der Waals surface area contributed by atoms with Gasteiger partial charge in [-0.1, -0.05) is 56.3 Å². The van der Waals surface area contributed by atoms with Crippen LogP contribution in [-0.2, 0) is 13.1 Å². The van der Waals surface area contributed by atoms with Gasteiger partial charge in [0, 0.05) is 42.6 Å². The molecule has 2 N–H and O–H groups in total. The molecule has 0 saturated carbocycles. The van der Waals surface area contributed by atoms with Crippen molar-refractivity contribution >= 4 is 16.9 Å². The number of carboxylic acids is 1. The molecule has 0 unspecified atom stereocenters. The monoisotopic (exact) mass is 447 g/mol. The van der Waals surface area contributed by atoms with Gasteiger partial charge in [-0.3, -0.25) is 0 Å². The summed E-state index contributed by atoms with van der Waals surface area (Å²) in [5.41, 5.74) is 4.57. The second-order valence-corrected chi connectivity index (χ2v) is 9.90. The number of piperidine rings is 1. The number of carboxylic acid groups (broad SMARTS) is 1. The first-order valence-corrected chi connectivity index (χ1v) is 12.2. The molecular weight excluding hydrogens is 410 g/mol. The van der Waals surface area contributed by atoms with Gasteiger partial charge in [-0.15, -0.1) is 0 Å². The maximum absolute atomic E-state index is 12.4. The van der Waals surface area contributed by atoms with Gasteiger partial charge in [-0.25, -0.2) is 4.79 Å². The van der Waals surface area contributed by atoms with E-state index in [1.54, 1.807) is 0 Å². The first-order valence-electron chi connectivity index (χ1n) is 12.2. The number of nitrogens with one attached hydrogen (secondary N) is 1. The lowest BCUT2D eigenvalue weighted by atomic mass is 9.92. The fourth-order valence-corrected chi connectivity index (χ4v) is 5.54. The predicted molar refractivity (Wildman–Crippen MR) is 135 cm³/mol. The van der Waals surface area contributed by atoms with Crippen LogP contribution >= 0.6 is 0 Å². The zero-order valence-electron chi connectivity index (χ0n) is 20.2. The van der Waals surface area contributed by atoms with Crippen molar-refractivity contribution in [3.05, 3.63) is 70.9 Å². The van der Waals surface area contributed by atoms with Gasteiger partial charge < -0.3 is 19.9 Å². The van der Waals surface area contributed by atoms with Crippen LogP contribution in [0.15, 0.2) is 48.5 Å². The fraction of sp³-hybridized carbons (Fsp3) is 0.464. The number of hydrogen-bond donors (Lipinski definition) is 2. The summed E-state index contributed by atoms with van der Waals surface area (Å²) in [6, 6.07) is 16.2. The molecular formula is C28H37N3O2. The molecule has 1 fully saturated rings. The summed E-state index contributed by atoms with van der Waals surface area (Å²) in [4.78, 5) is 15.0. The van der Waals surface area contributed by atoms with Gasteiger partial charge in [0.1, 0.15) is 5.69 Å². The fourth-order valence-electron chi connectivity index (χ4n) is 5.54. The molecule has 2 atom stereocenters. The minimum absolute atomic E-state index is 0.394. The molecule has 0 aliphatic carbocycles. The third-order valence-corrected chi connectivity index (χ3v) is 6.94. The Morgan fingerprint density at radius 3 is 2.48 bits per heavy atom. The van der Waals surface area contributed by atoms with Gasteiger partial charge in [-0.05, 0) is 61.9 Å². The number of nitrogens with zero attached hydrogens (tertiary/aromatic N) is 2. The molecule has 2 aromatic carbocycles. The van der Waals surface area contributed by atoms with E-state index in [0.29, 0.717) is 18.8 Å². The van der Waals surface area contributed by atoms with Crippen molar-refractivity contribution in [3.63, 3.8) is 0 Å². The number of rotatable bonds is 9. The molecule has 1 aliphatic heterocycles. The number of hydrogen-bond acceptors (Lipinski definition) is 3. The maximum Gasteiger partial charge on any atom is 0.352 e. The number of para-hydroxylation sites is 1. The Labute approximate surface area is 197 Å². The van der Waals surface area contributed by atoms with E-state index >= 15 is 0 Å². The van der Waals surface area contributed by atoms with Gasteiger partial charge in [0.25, 0.3) is 0 Å². The molecule has 0 bridgehead atoms. The largest absolute Gasteiger partial charge is 0.477 e. The van der Waals surface area contributed by atoms with Gasteiger partial charge in [0.2, 0.25) is 0 Å². The summed E-state index contributed by atoms with van der Waals surface area (Å²) >= 11 is 0. The molecule has 4 rings (SSSR count). The third-order valence-electron chi connectivity index (χ3n) is 6.94. The Kier molecular flexibility index (Phi) is 7.51. The molecule has 1 aliphatic rings. The van der Waals surface area contributed by atoms with Crippen molar-refractivity contribution in [1.82, 2.24) is 14.8 Å². The predicted octanol–water partition coefficient (Wildman–Crippen LogP) is 5.15. The highest BCUT2D eigenvalue weighted by atomic mass is 16.4. The quantitative estimate of drug-likeness (QED) is 0.445. The Morgan fingerprint density at radius 1 is 1.06 bits per heavy atom. The number of carbonyl (C=O) groups is 1. The third kappa shape index (κ3) is 5.48. The molecule has 3 aromatic rings. The van der Waals surface area contributed by atoms with Crippen molar-refractivity contribution in [3.8, 4) is 0 Å². The van der Waals surface area contributed by atoms with Crippen LogP contribution in [0, 0.1) is 18.8 Å². The molecule has 33 heavy (non-hydrogen) atoms. The number of aromatic carboxylic acids is 1. The molecule has 1 saturated heterocycles. The van der Waals surface area contributed by atoms with E-state index in [4.69, 9.17) is 0 Å². The minimum Gasteiger partial charge on any atom is -0.477 e. The van der Waals surface area contributed by atoms with Crippen LogP contribution < -0.4 is 5.32 Å². The minimum atomic E-state index is -0.868. The number of benzene rings is 2. The van der Waals surface area contributed by atoms with Crippen molar-refractivity contribution in [2.45, 2.75) is 46.7 Å². The zero-order valence-corrected chi connectivity index (χ0v) is 20.2. The number of aryl methyl sites for hydroxylation is 1. The normalized spacial score (nSPS) is 19.2. The number of fused-ring (bicyclic) bond motifs is 1. The van der Waals surface area contributed by atoms with Crippen LogP contribution in [0.4, 0.5) is 0 Å². The van der Waals surface area contributed by atoms with Crippen LogP contribution in [0.25, 0.3) is 10.9 Å². The molecule has 5 nitrogen and oxygen atoms in total. The van der Waals surface area contributed by atoms with Crippen molar-refractivity contribution in [2.75, 3.05) is 26.2 Å². The molecule has 0 radical (unpaired) electrons. The highest BCUT2D eigenvalue weighted by molar-refractivity contribution is 5.98. The summed E-state index contributed by atoms with van der Waals surface area (Å²) in [5, 5.41) is 14.7. The van der Waals surface area contributed by atoms with Gasteiger partial charge >= 0.3 is 5.97 Å². The average molecular weight is 448 g/mol. The standard InChI is InChI=1S/C28H37N3O2/c1-20-15-21(2)18-30(17-20)14-8-13-29-16-25-24-11-6-7-12-26(24)31(27(25)28(32)33)19-23-10-5-4-9-22(23)3/h4-7,9-12,20-21,29H,8,13-19H2,1-3H3,(H,32,33)/t20-,21-/m0/s1. The Morgan fingerprint density at radius 2 is 1.76 bits per heavy atom. The van der Waals surface area contributed by atoms with Crippen LogP contribution in [0.2, 0.25) is 0 Å². The highest BCUT2D eigenvalue weighted by Gasteiger charge is 2.23. The first kappa shape index (κ1) is 23.5. The lowest BCUT2D eigenvalue weighted by Gasteiger charge is -2.34. The summed E-state index contributed by atoms with van der Waals surface area (Å²) in [7, 11) is 0. The summed E-state index contributed by atoms with van der Waals surface area (Å²) in [6.45, 7) is 12.3. The maximum atomic E-state index is 12.4. The Bertz CT molecular complexity index is 1090. The van der Waals surface area contributed by atoms with E-state index in [2.05, 4.69) is 43.1 Å². The SMILES string of the molecule is Cc1ccccc1Cn1c(C(=O)O)c(CNCCCN2C[C@@H](C)C[C@H](C)C2)c2ccccc21. The van der Waals surface area contributed by atoms with E-state index in [9.17, 15) is 9.90 Å². The zero-order chi connectivity index (χ0) is 23.4. The lowest BCUT2D eigenvalue weighted by molar-refractivity contribution is 0.0684. The highest BCUT2D eigenvalue weighted by Crippen LogP contribution is 2.28. The smallest absolute Gasteiger partial charge is 0.352 e. The molecule has 2 heterocycles. The van der Waals surface area contributed by atoms with Crippen LogP contribution in [-0.4, -0.2) is 46.7 Å². The van der Waals surface area contributed by atoms with E-state index in [0.717, 1.165) is 53.4 Å². The Hall–Kier alpha value is -2.63. The van der Waals surface area contributed by atoms with Crippen LogP contribution in [0.5, 0.6) is 0 Å². The summed E-state index contributed by atoms with van der Waals surface area (Å²) in [6.07, 6.45) is 2.41. The number of aromatic nitrogens is 1. The lowest BCUT2D eigenvalue weighted by Crippen LogP contribution is -2.39. The van der Waals surface area contributed by atoms with E-state index in [-0.39, 0.29) is 0 Å². The molecule has 1 aromatic heterocycles. The molecule has 176 valence electrons. The topological polar surface area (TPSA) is 57.5 Å². The summed E-state index contributed by atoms with van der Waals surface area (Å²) < 4.78 is 1.97. The van der Waals surface area contributed by atoms with E-state index < -0.39 is 5.97 Å². The molecule has 0 spiro atoms. The first-order chi connectivity index (χ1) is 15.9. The van der Waals surface area contributed by atoms with Crippen LogP contribution in [0.3, 0.4) is 0 Å². The van der Waals surface area contributed by atoms with Crippen LogP contribution in [0.1, 0.15) is 53.9 Å². The average Bonchev–Trinajstić information content (AvgIpc) is 3.08. The van der Waals surface area contributed by atoms with Gasteiger partial charge in [-0.2, -0.15) is 0 Å². The molecule has 5 heteroatoms. The second-order valence-electron chi connectivity index (χ2n) is 9.90. The second kappa shape index (κ2) is 10.5. The van der Waals surface area contributed by atoms with Gasteiger partial charge in [0.05, 0.1) is 0 Å². The van der Waals surface area contributed by atoms with Crippen molar-refractivity contribution in [1.29, 1.82) is 0 Å². The summed E-state index contributed by atoms with van der Waals surface area (Å²) in [5.74, 6) is 0.686. The molecule has 0 amide bonds. The van der Waals surface area contributed by atoms with Gasteiger partial charge in [0.15, 0.2) is 0 Å². The van der Waals surface area contributed by atoms with E-state index in [1.165, 1.54) is 25.1 Å².